The largest absolute Gasteiger partial charge is 0.394 e. The molecule has 2 N–H and O–H groups in total. The van der Waals surface area contributed by atoms with Crippen molar-refractivity contribution in [2.45, 2.75) is 19.4 Å². The van der Waals surface area contributed by atoms with Gasteiger partial charge in [-0.15, -0.1) is 0 Å². The van der Waals surface area contributed by atoms with E-state index in [1.165, 1.54) is 0 Å². The Bertz CT molecular complexity index is 1140. The Kier molecular flexibility index (Phi) is 4.49. The van der Waals surface area contributed by atoms with Gasteiger partial charge in [-0.25, -0.2) is 4.98 Å². The molecule has 0 saturated carbocycles. The van der Waals surface area contributed by atoms with E-state index in [-0.39, 0.29) is 12.6 Å². The number of nitrogens with zero attached hydrogens (tertiary/aromatic N) is 3. The Hall–Kier alpha value is -3.36. The van der Waals surface area contributed by atoms with Crippen LogP contribution in [0.15, 0.2) is 60.7 Å². The van der Waals surface area contributed by atoms with Gasteiger partial charge in [0.2, 0.25) is 0 Å². The lowest BCUT2D eigenvalue weighted by Gasteiger charge is -2.20. The predicted octanol–water partition coefficient (Wildman–Crippen LogP) is 3.68. The summed E-state index contributed by atoms with van der Waals surface area (Å²) in [4.78, 5) is 4.66. The van der Waals surface area contributed by atoms with E-state index in [1.54, 1.807) is 0 Å². The molecule has 2 heterocycles. The van der Waals surface area contributed by atoms with Crippen LogP contribution in [-0.4, -0.2) is 27.1 Å². The summed E-state index contributed by atoms with van der Waals surface area (Å²) in [6, 6.07) is 22.0. The summed E-state index contributed by atoms with van der Waals surface area (Å²) >= 11 is 0. The number of nitriles is 1. The molecule has 0 aliphatic heterocycles. The zero-order valence-electron chi connectivity index (χ0n) is 15.1. The number of hydrogen-bond donors (Lipinski definition) is 2. The van der Waals surface area contributed by atoms with Crippen LogP contribution in [0.2, 0.25) is 0 Å². The number of imidazole rings is 1. The predicted molar refractivity (Wildman–Crippen MR) is 107 cm³/mol. The third-order valence-electron chi connectivity index (χ3n) is 4.78. The van der Waals surface area contributed by atoms with E-state index in [0.717, 1.165) is 28.0 Å². The molecule has 2 aromatic carbocycles. The number of aryl methyl sites for hydroxylation is 1. The van der Waals surface area contributed by atoms with Crippen molar-refractivity contribution in [3.8, 4) is 6.07 Å². The summed E-state index contributed by atoms with van der Waals surface area (Å²) in [6.07, 6.45) is 0.699. The normalized spacial score (nSPS) is 12.2. The Balaban J connectivity index is 1.82. The van der Waals surface area contributed by atoms with Crippen molar-refractivity contribution in [1.82, 2.24) is 9.38 Å². The van der Waals surface area contributed by atoms with Crippen molar-refractivity contribution in [3.05, 3.63) is 77.4 Å². The first-order valence-corrected chi connectivity index (χ1v) is 8.93. The van der Waals surface area contributed by atoms with E-state index >= 15 is 0 Å². The summed E-state index contributed by atoms with van der Waals surface area (Å²) < 4.78 is 1.97. The molecule has 0 amide bonds. The van der Waals surface area contributed by atoms with E-state index in [0.29, 0.717) is 17.6 Å². The Morgan fingerprint density at radius 1 is 1.15 bits per heavy atom. The molecular formula is C22H20N4O. The number of rotatable bonds is 5. The van der Waals surface area contributed by atoms with Gasteiger partial charge < -0.3 is 10.4 Å². The topological polar surface area (TPSA) is 73.3 Å². The highest BCUT2D eigenvalue weighted by molar-refractivity contribution is 5.85. The van der Waals surface area contributed by atoms with Crippen LogP contribution in [0.1, 0.15) is 16.7 Å². The Morgan fingerprint density at radius 2 is 1.89 bits per heavy atom. The highest BCUT2D eigenvalue weighted by Gasteiger charge is 2.17. The number of hydrogen-bond acceptors (Lipinski definition) is 4. The van der Waals surface area contributed by atoms with Gasteiger partial charge in [-0.1, -0.05) is 42.5 Å². The highest BCUT2D eigenvalue weighted by atomic mass is 16.3. The molecule has 4 rings (SSSR count). The lowest BCUT2D eigenvalue weighted by atomic mass is 10.1. The maximum Gasteiger partial charge on any atom is 0.157 e. The van der Waals surface area contributed by atoms with Crippen LogP contribution in [0.3, 0.4) is 0 Å². The fraction of sp³-hybridized carbons (Fsp3) is 0.182. The smallest absolute Gasteiger partial charge is 0.157 e. The van der Waals surface area contributed by atoms with E-state index in [2.05, 4.69) is 28.5 Å². The zero-order chi connectivity index (χ0) is 18.8. The standard InChI is InChI=1S/C22H20N4O/c1-15-11-21(24-17(14-27)12-16-7-3-2-4-8-16)26-20-10-6-5-9-19(20)25-22(26)18(15)13-23/h2-11,17,24,27H,12,14H2,1H3/t17-/m0/s1. The molecule has 4 aromatic rings. The molecule has 0 aliphatic carbocycles. The average Bonchev–Trinajstić information content (AvgIpc) is 3.08. The second-order valence-electron chi connectivity index (χ2n) is 6.67. The van der Waals surface area contributed by atoms with E-state index in [1.807, 2.05) is 59.9 Å². The van der Waals surface area contributed by atoms with E-state index in [9.17, 15) is 10.4 Å². The van der Waals surface area contributed by atoms with Gasteiger partial charge >= 0.3 is 0 Å². The molecule has 5 heteroatoms. The van der Waals surface area contributed by atoms with Gasteiger partial charge in [0.05, 0.1) is 29.2 Å². The maximum absolute atomic E-state index is 9.91. The molecular weight excluding hydrogens is 336 g/mol. The monoisotopic (exact) mass is 356 g/mol. The third-order valence-corrected chi connectivity index (χ3v) is 4.78. The number of aliphatic hydroxyl groups is 1. The fourth-order valence-electron chi connectivity index (χ4n) is 3.47. The van der Waals surface area contributed by atoms with Crippen molar-refractivity contribution >= 4 is 22.5 Å². The van der Waals surface area contributed by atoms with Crippen LogP contribution < -0.4 is 5.32 Å². The maximum atomic E-state index is 9.91. The van der Waals surface area contributed by atoms with Crippen LogP contribution >= 0.6 is 0 Å². The zero-order valence-corrected chi connectivity index (χ0v) is 15.1. The van der Waals surface area contributed by atoms with Crippen LogP contribution in [0.25, 0.3) is 16.7 Å². The molecule has 0 spiro atoms. The number of anilines is 1. The molecule has 0 aliphatic rings. The number of fused-ring (bicyclic) bond motifs is 3. The first kappa shape index (κ1) is 17.1. The molecule has 1 atom stereocenters. The Labute approximate surface area is 157 Å². The summed E-state index contributed by atoms with van der Waals surface area (Å²) in [5.41, 5.74) is 4.99. The van der Waals surface area contributed by atoms with Crippen LogP contribution in [-0.2, 0) is 6.42 Å². The van der Waals surface area contributed by atoms with Crippen molar-refractivity contribution < 1.29 is 5.11 Å². The number of aliphatic hydroxyl groups excluding tert-OH is 1. The summed E-state index contributed by atoms with van der Waals surface area (Å²) in [7, 11) is 0. The minimum absolute atomic E-state index is 0.00205. The second kappa shape index (κ2) is 7.10. The average molecular weight is 356 g/mol. The quantitative estimate of drug-likeness (QED) is 0.572. The molecule has 2 aromatic heterocycles. The van der Waals surface area contributed by atoms with Crippen LogP contribution in [0.5, 0.6) is 0 Å². The van der Waals surface area contributed by atoms with E-state index < -0.39 is 0 Å². The lowest BCUT2D eigenvalue weighted by molar-refractivity contribution is 0.273. The van der Waals surface area contributed by atoms with Gasteiger partial charge in [-0.2, -0.15) is 5.26 Å². The third kappa shape index (κ3) is 3.12. The van der Waals surface area contributed by atoms with Gasteiger partial charge in [-0.05, 0) is 42.7 Å². The van der Waals surface area contributed by atoms with Gasteiger partial charge in [0.25, 0.3) is 0 Å². The molecule has 0 unspecified atom stereocenters. The number of aromatic nitrogens is 2. The van der Waals surface area contributed by atoms with Crippen LogP contribution in [0, 0.1) is 18.3 Å². The molecule has 134 valence electrons. The molecule has 0 bridgehead atoms. The molecule has 27 heavy (non-hydrogen) atoms. The first-order valence-electron chi connectivity index (χ1n) is 8.93. The van der Waals surface area contributed by atoms with Crippen molar-refractivity contribution in [1.29, 1.82) is 5.26 Å². The van der Waals surface area contributed by atoms with Gasteiger partial charge in [-0.3, -0.25) is 4.40 Å². The fourth-order valence-corrected chi connectivity index (χ4v) is 3.47. The lowest BCUT2D eigenvalue weighted by Crippen LogP contribution is -2.27. The number of benzene rings is 2. The van der Waals surface area contributed by atoms with Gasteiger partial charge in [0.15, 0.2) is 5.65 Å². The van der Waals surface area contributed by atoms with Gasteiger partial charge in [0.1, 0.15) is 11.9 Å². The Morgan fingerprint density at radius 3 is 2.63 bits per heavy atom. The number of pyridine rings is 1. The minimum Gasteiger partial charge on any atom is -0.394 e. The van der Waals surface area contributed by atoms with Gasteiger partial charge in [0, 0.05) is 0 Å². The van der Waals surface area contributed by atoms with E-state index in [4.69, 9.17) is 0 Å². The minimum atomic E-state index is -0.149. The van der Waals surface area contributed by atoms with Crippen molar-refractivity contribution in [2.24, 2.45) is 0 Å². The van der Waals surface area contributed by atoms with Crippen molar-refractivity contribution in [2.75, 3.05) is 11.9 Å². The SMILES string of the molecule is Cc1cc(N[C@H](CO)Cc2ccccc2)n2c(nc3ccccc32)c1C#N. The molecule has 0 radical (unpaired) electrons. The highest BCUT2D eigenvalue weighted by Crippen LogP contribution is 2.27. The second-order valence-corrected chi connectivity index (χ2v) is 6.67. The number of nitrogens with one attached hydrogen (secondary N) is 1. The first-order chi connectivity index (χ1) is 13.2. The summed E-state index contributed by atoms with van der Waals surface area (Å²) in [6.45, 7) is 1.91. The summed E-state index contributed by atoms with van der Waals surface area (Å²) in [5, 5.41) is 23.0. The number of para-hydroxylation sites is 2. The molecule has 0 saturated heterocycles. The molecule has 0 fully saturated rings. The molecule has 5 nitrogen and oxygen atoms in total. The van der Waals surface area contributed by atoms with Crippen LogP contribution in [0.4, 0.5) is 5.82 Å². The van der Waals surface area contributed by atoms with Crippen molar-refractivity contribution in [3.63, 3.8) is 0 Å². The summed E-state index contributed by atoms with van der Waals surface area (Å²) in [5.74, 6) is 0.824.